The van der Waals surface area contributed by atoms with Crippen LogP contribution in [0.3, 0.4) is 0 Å². The summed E-state index contributed by atoms with van der Waals surface area (Å²) in [6, 6.07) is 12.3. The second-order valence-corrected chi connectivity index (χ2v) is 5.36. The Labute approximate surface area is 147 Å². The molecule has 1 N–H and O–H groups in total. The third-order valence-electron chi connectivity index (χ3n) is 3.69. The molecule has 0 aromatic heterocycles. The van der Waals surface area contributed by atoms with Crippen LogP contribution in [0.1, 0.15) is 18.5 Å². The van der Waals surface area contributed by atoms with Crippen LogP contribution >= 0.6 is 0 Å². The maximum absolute atomic E-state index is 12.2. The molecule has 0 aliphatic rings. The number of hydrogen-bond acceptors (Lipinski definition) is 5. The average molecular weight is 345 g/mol. The summed E-state index contributed by atoms with van der Waals surface area (Å²) in [5.41, 5.74) is 0.830. The molecule has 1 amide bonds. The van der Waals surface area contributed by atoms with Crippen molar-refractivity contribution in [3.8, 4) is 23.0 Å². The number of carbonyl (C=O) groups is 1. The predicted molar refractivity (Wildman–Crippen MR) is 94.6 cm³/mol. The first-order valence-corrected chi connectivity index (χ1v) is 7.85. The van der Waals surface area contributed by atoms with Gasteiger partial charge in [0.15, 0.2) is 6.61 Å². The molecule has 2 rings (SSSR count). The molecule has 0 unspecified atom stereocenters. The van der Waals surface area contributed by atoms with E-state index in [1.54, 1.807) is 39.5 Å². The van der Waals surface area contributed by atoms with Gasteiger partial charge >= 0.3 is 0 Å². The summed E-state index contributed by atoms with van der Waals surface area (Å²) >= 11 is 0. The lowest BCUT2D eigenvalue weighted by atomic mass is 10.1. The van der Waals surface area contributed by atoms with Crippen LogP contribution < -0.4 is 24.3 Å². The van der Waals surface area contributed by atoms with Gasteiger partial charge in [-0.1, -0.05) is 6.07 Å². The first kappa shape index (κ1) is 18.4. The molecule has 25 heavy (non-hydrogen) atoms. The molecular formula is C19H23NO5. The molecule has 0 fully saturated rings. The first-order chi connectivity index (χ1) is 12.1. The summed E-state index contributed by atoms with van der Waals surface area (Å²) in [4.78, 5) is 12.2. The maximum atomic E-state index is 12.2. The van der Waals surface area contributed by atoms with E-state index >= 15 is 0 Å². The van der Waals surface area contributed by atoms with Gasteiger partial charge in [0.05, 0.1) is 27.4 Å². The fourth-order valence-corrected chi connectivity index (χ4v) is 2.38. The molecular weight excluding hydrogens is 322 g/mol. The van der Waals surface area contributed by atoms with Crippen LogP contribution in [-0.2, 0) is 4.79 Å². The van der Waals surface area contributed by atoms with Crippen molar-refractivity contribution in [3.63, 3.8) is 0 Å². The Morgan fingerprint density at radius 1 is 0.960 bits per heavy atom. The third-order valence-corrected chi connectivity index (χ3v) is 3.69. The van der Waals surface area contributed by atoms with Crippen LogP contribution in [0, 0.1) is 0 Å². The molecule has 0 heterocycles. The smallest absolute Gasteiger partial charge is 0.258 e. The number of carbonyl (C=O) groups excluding carboxylic acids is 1. The van der Waals surface area contributed by atoms with E-state index in [0.29, 0.717) is 23.0 Å². The highest BCUT2D eigenvalue weighted by Crippen LogP contribution is 2.29. The van der Waals surface area contributed by atoms with Crippen molar-refractivity contribution in [2.24, 2.45) is 0 Å². The summed E-state index contributed by atoms with van der Waals surface area (Å²) in [6.45, 7) is 1.78. The van der Waals surface area contributed by atoms with E-state index in [1.807, 2.05) is 31.2 Å². The fraction of sp³-hybridized carbons (Fsp3) is 0.316. The summed E-state index contributed by atoms with van der Waals surface area (Å²) in [5.74, 6) is 2.39. The van der Waals surface area contributed by atoms with Crippen LogP contribution in [0.5, 0.6) is 23.0 Å². The summed E-state index contributed by atoms with van der Waals surface area (Å²) in [7, 11) is 4.76. The highest BCUT2D eigenvalue weighted by Gasteiger charge is 2.15. The molecule has 6 nitrogen and oxygen atoms in total. The molecule has 1 atom stereocenters. The lowest BCUT2D eigenvalue weighted by Crippen LogP contribution is -2.31. The first-order valence-electron chi connectivity index (χ1n) is 7.85. The molecule has 2 aromatic rings. The fourth-order valence-electron chi connectivity index (χ4n) is 2.38. The molecule has 0 aliphatic heterocycles. The number of benzene rings is 2. The van der Waals surface area contributed by atoms with Crippen molar-refractivity contribution in [2.75, 3.05) is 27.9 Å². The van der Waals surface area contributed by atoms with Gasteiger partial charge in [0.1, 0.15) is 23.0 Å². The van der Waals surface area contributed by atoms with E-state index in [0.717, 1.165) is 5.56 Å². The molecule has 0 bridgehead atoms. The molecule has 0 spiro atoms. The Kier molecular flexibility index (Phi) is 6.51. The van der Waals surface area contributed by atoms with E-state index in [-0.39, 0.29) is 18.6 Å². The number of rotatable bonds is 8. The van der Waals surface area contributed by atoms with Crippen molar-refractivity contribution in [1.29, 1.82) is 0 Å². The predicted octanol–water partition coefficient (Wildman–Crippen LogP) is 2.97. The number of amides is 1. The Morgan fingerprint density at radius 3 is 2.32 bits per heavy atom. The molecule has 0 aliphatic carbocycles. The zero-order valence-corrected chi connectivity index (χ0v) is 14.9. The van der Waals surface area contributed by atoms with Gasteiger partial charge in [-0.15, -0.1) is 0 Å². The van der Waals surface area contributed by atoms with E-state index in [1.165, 1.54) is 0 Å². The molecule has 2 aromatic carbocycles. The second-order valence-electron chi connectivity index (χ2n) is 5.36. The topological polar surface area (TPSA) is 66.0 Å². The number of ether oxygens (including phenoxy) is 4. The van der Waals surface area contributed by atoms with Crippen molar-refractivity contribution in [3.05, 3.63) is 48.0 Å². The quantitative estimate of drug-likeness (QED) is 0.797. The molecule has 0 radical (unpaired) electrons. The van der Waals surface area contributed by atoms with Crippen LogP contribution in [0.2, 0.25) is 0 Å². The second kappa shape index (κ2) is 8.82. The van der Waals surface area contributed by atoms with Gasteiger partial charge in [-0.05, 0) is 37.3 Å². The lowest BCUT2D eigenvalue weighted by molar-refractivity contribution is -0.123. The Bertz CT molecular complexity index is 717. The van der Waals surface area contributed by atoms with Gasteiger partial charge in [0.25, 0.3) is 5.91 Å². The van der Waals surface area contributed by atoms with Gasteiger partial charge in [-0.2, -0.15) is 0 Å². The van der Waals surface area contributed by atoms with Crippen molar-refractivity contribution < 1.29 is 23.7 Å². The number of nitrogens with one attached hydrogen (secondary N) is 1. The van der Waals surface area contributed by atoms with E-state index < -0.39 is 0 Å². The van der Waals surface area contributed by atoms with Gasteiger partial charge < -0.3 is 24.3 Å². The minimum atomic E-state index is -0.258. The molecule has 0 saturated heterocycles. The van der Waals surface area contributed by atoms with Crippen molar-refractivity contribution in [2.45, 2.75) is 13.0 Å². The normalized spacial score (nSPS) is 11.4. The Balaban J connectivity index is 1.97. The van der Waals surface area contributed by atoms with E-state index in [9.17, 15) is 4.79 Å². The zero-order valence-electron chi connectivity index (χ0n) is 14.9. The molecule has 6 heteroatoms. The van der Waals surface area contributed by atoms with Gasteiger partial charge in [0, 0.05) is 11.6 Å². The number of methoxy groups -OCH3 is 3. The Morgan fingerprint density at radius 2 is 1.64 bits per heavy atom. The van der Waals surface area contributed by atoms with Crippen LogP contribution in [-0.4, -0.2) is 33.8 Å². The molecule has 134 valence electrons. The molecule has 0 saturated carbocycles. The SMILES string of the molecule is COc1cccc(OCC(=O)N[C@@H](C)c2cc(OC)ccc2OC)c1. The standard InChI is InChI=1S/C19H23NO5/c1-13(17-11-15(23-3)8-9-18(17)24-4)20-19(21)12-25-16-7-5-6-14(10-16)22-2/h5-11,13H,12H2,1-4H3,(H,20,21)/t13-/m0/s1. The number of hydrogen-bond donors (Lipinski definition) is 1. The Hall–Kier alpha value is -2.89. The third kappa shape index (κ3) is 5.04. The highest BCUT2D eigenvalue weighted by molar-refractivity contribution is 5.78. The van der Waals surface area contributed by atoms with Crippen LogP contribution in [0.25, 0.3) is 0 Å². The van der Waals surface area contributed by atoms with E-state index in [4.69, 9.17) is 18.9 Å². The minimum Gasteiger partial charge on any atom is -0.497 e. The van der Waals surface area contributed by atoms with Crippen molar-refractivity contribution >= 4 is 5.91 Å². The van der Waals surface area contributed by atoms with E-state index in [2.05, 4.69) is 5.32 Å². The van der Waals surface area contributed by atoms with Crippen LogP contribution in [0.4, 0.5) is 0 Å². The zero-order chi connectivity index (χ0) is 18.2. The van der Waals surface area contributed by atoms with Gasteiger partial charge in [0.2, 0.25) is 0 Å². The van der Waals surface area contributed by atoms with Crippen molar-refractivity contribution in [1.82, 2.24) is 5.32 Å². The summed E-state index contributed by atoms with van der Waals surface area (Å²) in [5, 5.41) is 2.89. The maximum Gasteiger partial charge on any atom is 0.258 e. The monoisotopic (exact) mass is 345 g/mol. The van der Waals surface area contributed by atoms with Gasteiger partial charge in [-0.3, -0.25) is 4.79 Å². The highest BCUT2D eigenvalue weighted by atomic mass is 16.5. The largest absolute Gasteiger partial charge is 0.497 e. The van der Waals surface area contributed by atoms with Crippen LogP contribution in [0.15, 0.2) is 42.5 Å². The average Bonchev–Trinajstić information content (AvgIpc) is 2.65. The van der Waals surface area contributed by atoms with Gasteiger partial charge in [-0.25, -0.2) is 0 Å². The minimum absolute atomic E-state index is 0.0935. The summed E-state index contributed by atoms with van der Waals surface area (Å²) in [6.07, 6.45) is 0. The summed E-state index contributed by atoms with van der Waals surface area (Å²) < 4.78 is 21.2. The lowest BCUT2D eigenvalue weighted by Gasteiger charge is -2.18.